The molecule has 2 heterocycles. The number of aryl methyl sites for hydroxylation is 2. The summed E-state index contributed by atoms with van der Waals surface area (Å²) in [5.74, 6) is 0.290. The molecule has 162 valence electrons. The standard InChI is InChI=1S/C27H26N2O3/c1-17-7-3-5-9-21(17)26(30)28-20-13-15-29(16-14-20)27(31)24-18(2)22-12-11-19-8-4-6-10-23(19)25(22)32-24/h3-12,20H,13-16H2,1-2H3,(H,28,30). The highest BCUT2D eigenvalue weighted by Crippen LogP contribution is 2.32. The summed E-state index contributed by atoms with van der Waals surface area (Å²) < 4.78 is 6.13. The van der Waals surface area contributed by atoms with Gasteiger partial charge in [0.1, 0.15) is 5.58 Å². The van der Waals surface area contributed by atoms with E-state index < -0.39 is 0 Å². The van der Waals surface area contributed by atoms with E-state index in [2.05, 4.69) is 11.4 Å². The number of rotatable bonds is 3. The predicted molar refractivity (Wildman–Crippen MR) is 126 cm³/mol. The Morgan fingerprint density at radius 2 is 1.62 bits per heavy atom. The first-order chi connectivity index (χ1) is 15.5. The zero-order valence-corrected chi connectivity index (χ0v) is 18.4. The maximum absolute atomic E-state index is 13.3. The van der Waals surface area contributed by atoms with Crippen molar-refractivity contribution in [2.45, 2.75) is 32.7 Å². The summed E-state index contributed by atoms with van der Waals surface area (Å²) in [6.07, 6.45) is 1.46. The Labute approximate surface area is 187 Å². The molecule has 1 saturated heterocycles. The lowest BCUT2D eigenvalue weighted by Crippen LogP contribution is -2.46. The van der Waals surface area contributed by atoms with E-state index in [1.54, 1.807) is 0 Å². The first kappa shape index (κ1) is 20.3. The number of nitrogens with zero attached hydrogens (tertiary/aromatic N) is 1. The molecule has 0 spiro atoms. The smallest absolute Gasteiger partial charge is 0.289 e. The van der Waals surface area contributed by atoms with Crippen LogP contribution >= 0.6 is 0 Å². The number of hydrogen-bond acceptors (Lipinski definition) is 3. The third-order valence-electron chi connectivity index (χ3n) is 6.53. The van der Waals surface area contributed by atoms with Gasteiger partial charge in [0.05, 0.1) is 0 Å². The van der Waals surface area contributed by atoms with Gasteiger partial charge in [-0.1, -0.05) is 54.6 Å². The molecule has 1 aliphatic heterocycles. The number of carbonyl (C=O) groups is 2. The highest BCUT2D eigenvalue weighted by atomic mass is 16.3. The minimum Gasteiger partial charge on any atom is -0.450 e. The molecule has 5 nitrogen and oxygen atoms in total. The summed E-state index contributed by atoms with van der Waals surface area (Å²) >= 11 is 0. The molecule has 2 amide bonds. The number of amides is 2. The highest BCUT2D eigenvalue weighted by Gasteiger charge is 2.28. The molecule has 0 atom stereocenters. The van der Waals surface area contributed by atoms with E-state index in [9.17, 15) is 9.59 Å². The first-order valence-corrected chi connectivity index (χ1v) is 11.1. The Morgan fingerprint density at radius 1 is 0.906 bits per heavy atom. The second-order valence-corrected chi connectivity index (χ2v) is 8.57. The molecule has 3 aromatic carbocycles. The van der Waals surface area contributed by atoms with Gasteiger partial charge in [-0.3, -0.25) is 9.59 Å². The van der Waals surface area contributed by atoms with Crippen LogP contribution in [0, 0.1) is 13.8 Å². The lowest BCUT2D eigenvalue weighted by molar-refractivity contribution is 0.0668. The van der Waals surface area contributed by atoms with Crippen molar-refractivity contribution < 1.29 is 14.0 Å². The predicted octanol–water partition coefficient (Wildman–Crippen LogP) is 5.24. The minimum atomic E-state index is -0.0774. The number of furan rings is 1. The number of benzene rings is 3. The summed E-state index contributed by atoms with van der Waals surface area (Å²) in [7, 11) is 0. The normalized spacial score (nSPS) is 14.8. The SMILES string of the molecule is Cc1ccccc1C(=O)NC1CCN(C(=O)c2oc3c(ccc4ccccc43)c2C)CC1. The van der Waals surface area contributed by atoms with E-state index in [1.807, 2.05) is 73.3 Å². The van der Waals surface area contributed by atoms with Crippen molar-refractivity contribution in [3.63, 3.8) is 0 Å². The lowest BCUT2D eigenvalue weighted by atomic mass is 10.0. The molecule has 5 rings (SSSR count). The molecule has 0 unspecified atom stereocenters. The number of carbonyl (C=O) groups excluding carboxylic acids is 2. The third-order valence-corrected chi connectivity index (χ3v) is 6.53. The summed E-state index contributed by atoms with van der Waals surface area (Å²) in [5, 5.41) is 6.22. The lowest BCUT2D eigenvalue weighted by Gasteiger charge is -2.32. The van der Waals surface area contributed by atoms with Crippen molar-refractivity contribution in [3.8, 4) is 0 Å². The van der Waals surface area contributed by atoms with Crippen molar-refractivity contribution in [1.82, 2.24) is 10.2 Å². The first-order valence-electron chi connectivity index (χ1n) is 11.1. The second-order valence-electron chi connectivity index (χ2n) is 8.57. The van der Waals surface area contributed by atoms with E-state index in [0.29, 0.717) is 24.4 Å². The number of nitrogens with one attached hydrogen (secondary N) is 1. The van der Waals surface area contributed by atoms with Crippen LogP contribution in [-0.4, -0.2) is 35.8 Å². The highest BCUT2D eigenvalue weighted by molar-refractivity contribution is 6.08. The van der Waals surface area contributed by atoms with Gasteiger partial charge in [0.2, 0.25) is 0 Å². The van der Waals surface area contributed by atoms with Crippen LogP contribution in [0.3, 0.4) is 0 Å². The fraction of sp³-hybridized carbons (Fsp3) is 0.259. The van der Waals surface area contributed by atoms with Gasteiger partial charge in [-0.25, -0.2) is 0 Å². The average molecular weight is 427 g/mol. The Bertz CT molecular complexity index is 1330. The fourth-order valence-corrected chi connectivity index (χ4v) is 4.61. The van der Waals surface area contributed by atoms with Crippen LogP contribution in [0.15, 0.2) is 65.1 Å². The summed E-state index contributed by atoms with van der Waals surface area (Å²) in [6.45, 7) is 5.07. The molecule has 5 heteroatoms. The minimum absolute atomic E-state index is 0.0483. The summed E-state index contributed by atoms with van der Waals surface area (Å²) in [6, 6.07) is 19.8. The molecular formula is C27H26N2O3. The molecule has 1 fully saturated rings. The molecule has 4 aromatic rings. The zero-order chi connectivity index (χ0) is 22.2. The van der Waals surface area contributed by atoms with Gasteiger partial charge in [-0.05, 0) is 43.7 Å². The van der Waals surface area contributed by atoms with E-state index in [0.717, 1.165) is 45.7 Å². The maximum Gasteiger partial charge on any atom is 0.289 e. The number of hydrogen-bond donors (Lipinski definition) is 1. The second kappa shape index (κ2) is 8.15. The van der Waals surface area contributed by atoms with Crippen LogP contribution in [0.4, 0.5) is 0 Å². The van der Waals surface area contributed by atoms with Gasteiger partial charge in [0.15, 0.2) is 5.76 Å². The maximum atomic E-state index is 13.3. The molecule has 0 saturated carbocycles. The monoisotopic (exact) mass is 426 g/mol. The summed E-state index contributed by atoms with van der Waals surface area (Å²) in [5.41, 5.74) is 3.32. The van der Waals surface area contributed by atoms with Gasteiger partial charge < -0.3 is 14.6 Å². The van der Waals surface area contributed by atoms with Crippen molar-refractivity contribution in [2.24, 2.45) is 0 Å². The molecule has 0 radical (unpaired) electrons. The van der Waals surface area contributed by atoms with Crippen LogP contribution in [0.2, 0.25) is 0 Å². The molecule has 1 N–H and O–H groups in total. The molecular weight excluding hydrogens is 400 g/mol. The fourth-order valence-electron chi connectivity index (χ4n) is 4.61. The molecule has 1 aromatic heterocycles. The summed E-state index contributed by atoms with van der Waals surface area (Å²) in [4.78, 5) is 27.7. The molecule has 1 aliphatic rings. The topological polar surface area (TPSA) is 62.6 Å². The van der Waals surface area contributed by atoms with Crippen LogP contribution in [0.5, 0.6) is 0 Å². The van der Waals surface area contributed by atoms with Gasteiger partial charge in [0, 0.05) is 41.0 Å². The Balaban J connectivity index is 1.30. The molecule has 0 bridgehead atoms. The zero-order valence-electron chi connectivity index (χ0n) is 18.4. The van der Waals surface area contributed by atoms with Crippen molar-refractivity contribution in [2.75, 3.05) is 13.1 Å². The van der Waals surface area contributed by atoms with Crippen molar-refractivity contribution >= 4 is 33.6 Å². The Morgan fingerprint density at radius 3 is 2.41 bits per heavy atom. The van der Waals surface area contributed by atoms with E-state index in [4.69, 9.17) is 4.42 Å². The number of likely N-dealkylation sites (tertiary alicyclic amines) is 1. The average Bonchev–Trinajstić information content (AvgIpc) is 3.16. The van der Waals surface area contributed by atoms with Gasteiger partial charge >= 0.3 is 0 Å². The molecule has 32 heavy (non-hydrogen) atoms. The Kier molecular flexibility index (Phi) is 5.17. The van der Waals surface area contributed by atoms with Gasteiger partial charge in [0.25, 0.3) is 11.8 Å². The van der Waals surface area contributed by atoms with Crippen molar-refractivity contribution in [3.05, 3.63) is 83.1 Å². The van der Waals surface area contributed by atoms with Gasteiger partial charge in [-0.2, -0.15) is 0 Å². The Hall–Kier alpha value is -3.60. The van der Waals surface area contributed by atoms with Gasteiger partial charge in [-0.15, -0.1) is 0 Å². The van der Waals surface area contributed by atoms with E-state index >= 15 is 0 Å². The van der Waals surface area contributed by atoms with E-state index in [-0.39, 0.29) is 17.9 Å². The van der Waals surface area contributed by atoms with Crippen LogP contribution < -0.4 is 5.32 Å². The third kappa shape index (κ3) is 3.54. The quantitative estimate of drug-likeness (QED) is 0.487. The van der Waals surface area contributed by atoms with Crippen LogP contribution in [0.1, 0.15) is 44.9 Å². The van der Waals surface area contributed by atoms with Crippen LogP contribution in [0.25, 0.3) is 21.7 Å². The number of piperidine rings is 1. The van der Waals surface area contributed by atoms with Crippen LogP contribution in [-0.2, 0) is 0 Å². The molecule has 0 aliphatic carbocycles. The van der Waals surface area contributed by atoms with E-state index in [1.165, 1.54) is 0 Å². The number of fused-ring (bicyclic) bond motifs is 3. The van der Waals surface area contributed by atoms with Crippen molar-refractivity contribution in [1.29, 1.82) is 0 Å². The largest absolute Gasteiger partial charge is 0.450 e.